The third-order valence-corrected chi connectivity index (χ3v) is 3.57. The van der Waals surface area contributed by atoms with E-state index in [0.717, 1.165) is 25.0 Å². The number of carbonyl (C=O) groups excluding carboxylic acids is 1. The van der Waals surface area contributed by atoms with Gasteiger partial charge in [-0.1, -0.05) is 25.3 Å². The van der Waals surface area contributed by atoms with Crippen molar-refractivity contribution in [3.8, 4) is 0 Å². The lowest BCUT2D eigenvalue weighted by atomic mass is 9.95. The maximum atomic E-state index is 13.0. The van der Waals surface area contributed by atoms with E-state index >= 15 is 0 Å². The Morgan fingerprint density at radius 3 is 2.60 bits per heavy atom. The molecule has 1 saturated carbocycles. The first-order chi connectivity index (χ1) is 9.65. The van der Waals surface area contributed by atoms with Gasteiger partial charge in [0, 0.05) is 12.6 Å². The topological polar surface area (TPSA) is 41.1 Å². The Morgan fingerprint density at radius 2 is 1.90 bits per heavy atom. The number of amides is 1. The molecule has 1 aliphatic carbocycles. The fourth-order valence-corrected chi connectivity index (χ4v) is 2.50. The van der Waals surface area contributed by atoms with Crippen LogP contribution in [0, 0.1) is 11.6 Å². The van der Waals surface area contributed by atoms with Crippen LogP contribution < -0.4 is 10.6 Å². The molecule has 0 atom stereocenters. The SMILES string of the molecule is O=C(CNCc1ccc(F)c(F)c1)NC1CCCCC1. The minimum Gasteiger partial charge on any atom is -0.352 e. The number of benzene rings is 1. The zero-order valence-corrected chi connectivity index (χ0v) is 11.4. The van der Waals surface area contributed by atoms with Gasteiger partial charge in [0.25, 0.3) is 0 Å². The van der Waals surface area contributed by atoms with Crippen molar-refractivity contribution < 1.29 is 13.6 Å². The lowest BCUT2D eigenvalue weighted by Crippen LogP contribution is -2.41. The minimum atomic E-state index is -0.865. The van der Waals surface area contributed by atoms with Crippen LogP contribution in [0.25, 0.3) is 0 Å². The van der Waals surface area contributed by atoms with Crippen molar-refractivity contribution in [2.24, 2.45) is 0 Å². The van der Waals surface area contributed by atoms with E-state index in [1.54, 1.807) is 0 Å². The number of hydrogen-bond donors (Lipinski definition) is 2. The summed E-state index contributed by atoms with van der Waals surface area (Å²) in [6.45, 7) is 0.533. The molecular formula is C15H20F2N2O. The second-order valence-electron chi connectivity index (χ2n) is 5.25. The van der Waals surface area contributed by atoms with Gasteiger partial charge in [0.15, 0.2) is 11.6 Å². The van der Waals surface area contributed by atoms with Gasteiger partial charge in [-0.3, -0.25) is 4.79 Å². The van der Waals surface area contributed by atoms with Gasteiger partial charge in [-0.15, -0.1) is 0 Å². The van der Waals surface area contributed by atoms with E-state index in [1.807, 2.05) is 0 Å². The third kappa shape index (κ3) is 4.56. The second-order valence-corrected chi connectivity index (χ2v) is 5.25. The first kappa shape index (κ1) is 14.9. The summed E-state index contributed by atoms with van der Waals surface area (Å²) in [7, 11) is 0. The average Bonchev–Trinajstić information content (AvgIpc) is 2.44. The second kappa shape index (κ2) is 7.33. The number of hydrogen-bond acceptors (Lipinski definition) is 2. The van der Waals surface area contributed by atoms with Gasteiger partial charge in [0.05, 0.1) is 6.54 Å². The van der Waals surface area contributed by atoms with Crippen LogP contribution in [0.5, 0.6) is 0 Å². The molecule has 5 heteroatoms. The summed E-state index contributed by atoms with van der Waals surface area (Å²) in [4.78, 5) is 11.7. The monoisotopic (exact) mass is 282 g/mol. The van der Waals surface area contributed by atoms with Gasteiger partial charge in [0.1, 0.15) is 0 Å². The lowest BCUT2D eigenvalue weighted by Gasteiger charge is -2.22. The fraction of sp³-hybridized carbons (Fsp3) is 0.533. The van der Waals surface area contributed by atoms with Crippen molar-refractivity contribution in [1.82, 2.24) is 10.6 Å². The summed E-state index contributed by atoms with van der Waals surface area (Å²) in [5, 5.41) is 5.93. The number of carbonyl (C=O) groups is 1. The Bertz CT molecular complexity index is 459. The smallest absolute Gasteiger partial charge is 0.234 e. The Hall–Kier alpha value is -1.49. The van der Waals surface area contributed by atoms with E-state index in [1.165, 1.54) is 25.3 Å². The van der Waals surface area contributed by atoms with Crippen molar-refractivity contribution >= 4 is 5.91 Å². The highest BCUT2D eigenvalue weighted by atomic mass is 19.2. The van der Waals surface area contributed by atoms with Crippen molar-refractivity contribution in [3.05, 3.63) is 35.4 Å². The molecule has 20 heavy (non-hydrogen) atoms. The van der Waals surface area contributed by atoms with Crippen LogP contribution in [-0.4, -0.2) is 18.5 Å². The highest BCUT2D eigenvalue weighted by molar-refractivity contribution is 5.78. The minimum absolute atomic E-state index is 0.0421. The largest absolute Gasteiger partial charge is 0.352 e. The average molecular weight is 282 g/mol. The summed E-state index contributed by atoms with van der Waals surface area (Å²) in [5.41, 5.74) is 0.620. The molecule has 2 rings (SSSR count). The molecule has 0 aliphatic heterocycles. The molecule has 0 bridgehead atoms. The molecule has 0 spiro atoms. The molecule has 2 N–H and O–H groups in total. The van der Waals surface area contributed by atoms with Crippen LogP contribution in [0.2, 0.25) is 0 Å². The van der Waals surface area contributed by atoms with E-state index in [4.69, 9.17) is 0 Å². The molecule has 1 aromatic carbocycles. The summed E-state index contributed by atoms with van der Waals surface area (Å²) < 4.78 is 25.7. The Morgan fingerprint density at radius 1 is 1.15 bits per heavy atom. The molecule has 1 fully saturated rings. The molecule has 1 aliphatic rings. The van der Waals surface area contributed by atoms with Crippen molar-refractivity contribution in [2.45, 2.75) is 44.7 Å². The van der Waals surface area contributed by atoms with Gasteiger partial charge in [-0.2, -0.15) is 0 Å². The van der Waals surface area contributed by atoms with Crippen LogP contribution in [-0.2, 0) is 11.3 Å². The fourth-order valence-electron chi connectivity index (χ4n) is 2.50. The van der Waals surface area contributed by atoms with Gasteiger partial charge in [0.2, 0.25) is 5.91 Å². The van der Waals surface area contributed by atoms with Crippen LogP contribution >= 0.6 is 0 Å². The molecule has 110 valence electrons. The summed E-state index contributed by atoms with van der Waals surface area (Å²) in [6, 6.07) is 4.03. The van der Waals surface area contributed by atoms with Gasteiger partial charge in [-0.25, -0.2) is 8.78 Å². The highest BCUT2D eigenvalue weighted by Crippen LogP contribution is 2.17. The van der Waals surface area contributed by atoms with E-state index in [9.17, 15) is 13.6 Å². The van der Waals surface area contributed by atoms with E-state index in [-0.39, 0.29) is 12.5 Å². The number of rotatable bonds is 5. The summed E-state index contributed by atoms with van der Waals surface area (Å²) in [5.74, 6) is -1.76. The first-order valence-electron chi connectivity index (χ1n) is 7.09. The Kier molecular flexibility index (Phi) is 5.47. The molecule has 3 nitrogen and oxygen atoms in total. The van der Waals surface area contributed by atoms with Crippen LogP contribution in [0.3, 0.4) is 0 Å². The molecule has 0 saturated heterocycles. The Balaban J connectivity index is 1.69. The van der Waals surface area contributed by atoms with Crippen molar-refractivity contribution in [2.75, 3.05) is 6.54 Å². The molecule has 1 amide bonds. The van der Waals surface area contributed by atoms with Gasteiger partial charge < -0.3 is 10.6 Å². The van der Waals surface area contributed by atoms with E-state index in [0.29, 0.717) is 18.2 Å². The quantitative estimate of drug-likeness (QED) is 0.871. The predicted molar refractivity (Wildman–Crippen MR) is 73.1 cm³/mol. The molecule has 0 radical (unpaired) electrons. The standard InChI is InChI=1S/C15H20F2N2O/c16-13-7-6-11(8-14(13)17)9-18-10-15(20)19-12-4-2-1-3-5-12/h6-8,12,18H,1-5,9-10H2,(H,19,20). The summed E-state index contributed by atoms with van der Waals surface area (Å²) in [6.07, 6.45) is 5.70. The summed E-state index contributed by atoms with van der Waals surface area (Å²) >= 11 is 0. The van der Waals surface area contributed by atoms with Gasteiger partial charge >= 0.3 is 0 Å². The number of halogens is 2. The van der Waals surface area contributed by atoms with Crippen LogP contribution in [0.4, 0.5) is 8.78 Å². The lowest BCUT2D eigenvalue weighted by molar-refractivity contribution is -0.121. The first-order valence-corrected chi connectivity index (χ1v) is 7.09. The predicted octanol–water partition coefficient (Wildman–Crippen LogP) is 2.50. The third-order valence-electron chi connectivity index (χ3n) is 3.57. The van der Waals surface area contributed by atoms with E-state index < -0.39 is 11.6 Å². The van der Waals surface area contributed by atoms with Crippen molar-refractivity contribution in [1.29, 1.82) is 0 Å². The molecule has 0 aromatic heterocycles. The van der Waals surface area contributed by atoms with E-state index in [2.05, 4.69) is 10.6 Å². The zero-order chi connectivity index (χ0) is 14.4. The zero-order valence-electron chi connectivity index (χ0n) is 11.4. The normalized spacial score (nSPS) is 16.1. The highest BCUT2D eigenvalue weighted by Gasteiger charge is 2.15. The molecular weight excluding hydrogens is 262 g/mol. The maximum absolute atomic E-state index is 13.0. The van der Waals surface area contributed by atoms with Crippen LogP contribution in [0.1, 0.15) is 37.7 Å². The number of nitrogens with one attached hydrogen (secondary N) is 2. The molecule has 0 unspecified atom stereocenters. The van der Waals surface area contributed by atoms with Crippen LogP contribution in [0.15, 0.2) is 18.2 Å². The molecule has 0 heterocycles. The Labute approximate surface area is 117 Å². The van der Waals surface area contributed by atoms with Gasteiger partial charge in [-0.05, 0) is 30.5 Å². The maximum Gasteiger partial charge on any atom is 0.234 e. The molecule has 1 aromatic rings. The van der Waals surface area contributed by atoms with Crippen molar-refractivity contribution in [3.63, 3.8) is 0 Å².